The summed E-state index contributed by atoms with van der Waals surface area (Å²) in [6.45, 7) is 5.32. The molecule has 6 nitrogen and oxygen atoms in total. The van der Waals surface area contributed by atoms with E-state index in [-0.39, 0.29) is 11.9 Å². The molecule has 4 rings (SSSR count). The molecule has 2 heterocycles. The van der Waals surface area contributed by atoms with Crippen LogP contribution in [0.15, 0.2) is 53.1 Å². The van der Waals surface area contributed by atoms with Crippen molar-refractivity contribution in [3.05, 3.63) is 65.5 Å². The lowest BCUT2D eigenvalue weighted by Crippen LogP contribution is -2.32. The largest absolute Gasteiger partial charge is 0.494 e. The summed E-state index contributed by atoms with van der Waals surface area (Å²) in [6, 6.07) is 15.5. The van der Waals surface area contributed by atoms with Crippen LogP contribution in [0.25, 0.3) is 11.4 Å². The average molecular weight is 391 g/mol. The summed E-state index contributed by atoms with van der Waals surface area (Å²) in [5.74, 6) is 1.97. The van der Waals surface area contributed by atoms with Gasteiger partial charge >= 0.3 is 0 Å². The summed E-state index contributed by atoms with van der Waals surface area (Å²) in [4.78, 5) is 19.4. The number of ether oxygens (including phenoxy) is 1. The normalized spacial score (nSPS) is 16.2. The van der Waals surface area contributed by atoms with Crippen molar-refractivity contribution in [1.82, 2.24) is 15.0 Å². The van der Waals surface area contributed by atoms with Crippen LogP contribution < -0.4 is 4.74 Å². The van der Waals surface area contributed by atoms with Gasteiger partial charge in [-0.3, -0.25) is 4.79 Å². The highest BCUT2D eigenvalue weighted by Crippen LogP contribution is 2.32. The Morgan fingerprint density at radius 2 is 2.07 bits per heavy atom. The SMILES string of the molecule is CCOc1ccc(CC(=O)N2CCC[C@H]2c2nc(-c3cccc(C)c3)no2)cc1. The summed E-state index contributed by atoms with van der Waals surface area (Å²) >= 11 is 0. The highest BCUT2D eigenvalue weighted by Gasteiger charge is 2.34. The van der Waals surface area contributed by atoms with E-state index in [4.69, 9.17) is 9.26 Å². The van der Waals surface area contributed by atoms with Crippen LogP contribution in [0.4, 0.5) is 0 Å². The van der Waals surface area contributed by atoms with E-state index in [1.807, 2.05) is 67.3 Å². The van der Waals surface area contributed by atoms with Crippen molar-refractivity contribution in [3.63, 3.8) is 0 Å². The summed E-state index contributed by atoms with van der Waals surface area (Å²) < 4.78 is 11.0. The molecule has 29 heavy (non-hydrogen) atoms. The van der Waals surface area contributed by atoms with Crippen LogP contribution in [-0.4, -0.2) is 34.1 Å². The molecule has 0 spiro atoms. The van der Waals surface area contributed by atoms with Gasteiger partial charge in [-0.25, -0.2) is 0 Å². The van der Waals surface area contributed by atoms with Crippen molar-refractivity contribution in [2.45, 2.75) is 39.2 Å². The first-order valence-corrected chi connectivity index (χ1v) is 10.1. The molecule has 3 aromatic rings. The second-order valence-electron chi connectivity index (χ2n) is 7.32. The summed E-state index contributed by atoms with van der Waals surface area (Å²) in [5, 5.41) is 4.14. The van der Waals surface area contributed by atoms with Crippen LogP contribution in [0.2, 0.25) is 0 Å². The Morgan fingerprint density at radius 1 is 1.24 bits per heavy atom. The van der Waals surface area contributed by atoms with E-state index in [9.17, 15) is 4.79 Å². The third-order valence-corrected chi connectivity index (χ3v) is 5.17. The Balaban J connectivity index is 1.47. The maximum atomic E-state index is 12.9. The van der Waals surface area contributed by atoms with Gasteiger partial charge in [-0.15, -0.1) is 0 Å². The molecule has 6 heteroatoms. The van der Waals surface area contributed by atoms with E-state index >= 15 is 0 Å². The summed E-state index contributed by atoms with van der Waals surface area (Å²) in [6.07, 6.45) is 2.12. The zero-order valence-electron chi connectivity index (χ0n) is 16.8. The number of carbonyl (C=O) groups is 1. The van der Waals surface area contributed by atoms with Gasteiger partial charge in [0.1, 0.15) is 11.8 Å². The van der Waals surface area contributed by atoms with Crippen molar-refractivity contribution < 1.29 is 14.1 Å². The van der Waals surface area contributed by atoms with Gasteiger partial charge in [0.05, 0.1) is 13.0 Å². The van der Waals surface area contributed by atoms with Crippen molar-refractivity contribution in [2.75, 3.05) is 13.2 Å². The Bertz CT molecular complexity index is 981. The Labute approximate surface area is 170 Å². The predicted molar refractivity (Wildman–Crippen MR) is 109 cm³/mol. The maximum Gasteiger partial charge on any atom is 0.249 e. The minimum absolute atomic E-state index is 0.0759. The quantitative estimate of drug-likeness (QED) is 0.625. The Kier molecular flexibility index (Phi) is 5.60. The third kappa shape index (κ3) is 4.31. The molecule has 1 fully saturated rings. The molecule has 1 atom stereocenters. The highest BCUT2D eigenvalue weighted by atomic mass is 16.5. The first-order chi connectivity index (χ1) is 14.1. The number of nitrogens with zero attached hydrogens (tertiary/aromatic N) is 3. The molecule has 0 N–H and O–H groups in total. The van der Waals surface area contributed by atoms with Crippen LogP contribution >= 0.6 is 0 Å². The Hall–Kier alpha value is -3.15. The molecule has 0 unspecified atom stereocenters. The number of hydrogen-bond donors (Lipinski definition) is 0. The molecule has 1 aliphatic heterocycles. The number of aromatic nitrogens is 2. The average Bonchev–Trinajstić information content (AvgIpc) is 3.39. The first-order valence-electron chi connectivity index (χ1n) is 10.1. The zero-order chi connectivity index (χ0) is 20.2. The molecule has 2 aromatic carbocycles. The highest BCUT2D eigenvalue weighted by molar-refractivity contribution is 5.79. The van der Waals surface area contributed by atoms with Crippen molar-refractivity contribution in [2.24, 2.45) is 0 Å². The van der Waals surface area contributed by atoms with Gasteiger partial charge < -0.3 is 14.2 Å². The summed E-state index contributed by atoms with van der Waals surface area (Å²) in [5.41, 5.74) is 3.03. The van der Waals surface area contributed by atoms with E-state index in [0.717, 1.165) is 35.3 Å². The second kappa shape index (κ2) is 8.47. The fraction of sp³-hybridized carbons (Fsp3) is 0.348. The van der Waals surface area contributed by atoms with E-state index in [0.29, 0.717) is 31.3 Å². The lowest BCUT2D eigenvalue weighted by Gasteiger charge is -2.22. The first kappa shape index (κ1) is 19.2. The molecule has 0 radical (unpaired) electrons. The molecule has 1 aliphatic rings. The van der Waals surface area contributed by atoms with Gasteiger partial charge in [-0.05, 0) is 50.5 Å². The molecule has 1 amide bonds. The van der Waals surface area contributed by atoms with Crippen LogP contribution in [0.1, 0.15) is 42.8 Å². The van der Waals surface area contributed by atoms with Gasteiger partial charge in [0.15, 0.2) is 0 Å². The van der Waals surface area contributed by atoms with Crippen molar-refractivity contribution in [3.8, 4) is 17.1 Å². The lowest BCUT2D eigenvalue weighted by molar-refractivity contribution is -0.131. The smallest absolute Gasteiger partial charge is 0.249 e. The molecule has 150 valence electrons. The van der Waals surface area contributed by atoms with E-state index in [1.54, 1.807) is 0 Å². The molecule has 0 saturated carbocycles. The molecule has 1 aromatic heterocycles. The van der Waals surface area contributed by atoms with Gasteiger partial charge in [0.25, 0.3) is 0 Å². The lowest BCUT2D eigenvalue weighted by atomic mass is 10.1. The Morgan fingerprint density at radius 3 is 2.83 bits per heavy atom. The summed E-state index contributed by atoms with van der Waals surface area (Å²) in [7, 11) is 0. The topological polar surface area (TPSA) is 68.5 Å². The second-order valence-corrected chi connectivity index (χ2v) is 7.32. The minimum Gasteiger partial charge on any atom is -0.494 e. The molecular formula is C23H25N3O3. The molecule has 1 saturated heterocycles. The minimum atomic E-state index is -0.156. The van der Waals surface area contributed by atoms with Crippen molar-refractivity contribution in [1.29, 1.82) is 0 Å². The number of aryl methyl sites for hydroxylation is 1. The number of amides is 1. The molecular weight excluding hydrogens is 366 g/mol. The zero-order valence-corrected chi connectivity index (χ0v) is 16.8. The predicted octanol–water partition coefficient (Wildman–Crippen LogP) is 4.35. The number of benzene rings is 2. The van der Waals surface area contributed by atoms with Crippen LogP contribution in [-0.2, 0) is 11.2 Å². The number of rotatable bonds is 6. The van der Waals surface area contributed by atoms with Gasteiger partial charge in [0, 0.05) is 12.1 Å². The van der Waals surface area contributed by atoms with Gasteiger partial charge in [0.2, 0.25) is 17.6 Å². The number of hydrogen-bond acceptors (Lipinski definition) is 5. The number of carbonyl (C=O) groups excluding carboxylic acids is 1. The van der Waals surface area contributed by atoms with E-state index < -0.39 is 0 Å². The molecule has 0 bridgehead atoms. The molecule has 0 aliphatic carbocycles. The van der Waals surface area contributed by atoms with Gasteiger partial charge in [-0.2, -0.15) is 4.98 Å². The van der Waals surface area contributed by atoms with Crippen molar-refractivity contribution >= 4 is 5.91 Å². The van der Waals surface area contributed by atoms with E-state index in [1.165, 1.54) is 0 Å². The fourth-order valence-electron chi connectivity index (χ4n) is 3.74. The van der Waals surface area contributed by atoms with E-state index in [2.05, 4.69) is 10.1 Å². The number of likely N-dealkylation sites (tertiary alicyclic amines) is 1. The standard InChI is InChI=1S/C23H25N3O3/c1-3-28-19-11-9-17(10-12-19)15-21(27)26-13-5-8-20(26)23-24-22(25-29-23)18-7-4-6-16(2)14-18/h4,6-7,9-12,14,20H,3,5,8,13,15H2,1-2H3/t20-/m0/s1. The third-order valence-electron chi connectivity index (χ3n) is 5.17. The monoisotopic (exact) mass is 391 g/mol. The maximum absolute atomic E-state index is 12.9. The van der Waals surface area contributed by atoms with Crippen LogP contribution in [0.5, 0.6) is 5.75 Å². The van der Waals surface area contributed by atoms with Crippen LogP contribution in [0, 0.1) is 6.92 Å². The van der Waals surface area contributed by atoms with Crippen LogP contribution in [0.3, 0.4) is 0 Å². The van der Waals surface area contributed by atoms with Gasteiger partial charge in [-0.1, -0.05) is 41.1 Å². The fourth-order valence-corrected chi connectivity index (χ4v) is 3.74.